The molecule has 1 spiro atoms. The van der Waals surface area contributed by atoms with E-state index >= 15 is 0 Å². The number of rotatable bonds is 2. The van der Waals surface area contributed by atoms with Crippen LogP contribution in [0.25, 0.3) is 16.8 Å². The van der Waals surface area contributed by atoms with Gasteiger partial charge in [0.05, 0.1) is 17.4 Å². The van der Waals surface area contributed by atoms with Crippen molar-refractivity contribution in [2.75, 3.05) is 13.2 Å². The lowest BCUT2D eigenvalue weighted by molar-refractivity contribution is 0.0855. The van der Waals surface area contributed by atoms with E-state index in [0.717, 1.165) is 50.0 Å². The Morgan fingerprint density at radius 2 is 1.97 bits per heavy atom. The summed E-state index contributed by atoms with van der Waals surface area (Å²) in [5.41, 5.74) is 6.11. The lowest BCUT2D eigenvalue weighted by Crippen LogP contribution is -2.43. The van der Waals surface area contributed by atoms with Gasteiger partial charge in [0, 0.05) is 37.5 Å². The molecule has 3 aromatic heterocycles. The SMILES string of the molecule is N#CB1CC2(CCC(c3cn4c(cnc5[nH]cc(C6CCOCC6)c54)n3)CC2)C1. The molecule has 0 unspecified atom stereocenters. The number of nitrogens with one attached hydrogen (secondary N) is 1. The van der Waals surface area contributed by atoms with Gasteiger partial charge in [-0.3, -0.25) is 4.40 Å². The molecule has 5 heterocycles. The standard InChI is InChI=1S/C22H26BN5O/c24-14-23-12-22(13-23)5-1-16(2-6-22)18-11-28-19(27-18)10-26-21-20(28)17(9-25-21)15-3-7-29-8-4-15/h9-11,15-16,25H,1-8,12-13H2. The normalized spacial score (nSPS) is 22.9. The van der Waals surface area contributed by atoms with Crippen molar-refractivity contribution in [1.29, 1.82) is 5.26 Å². The molecule has 3 aromatic rings. The predicted molar refractivity (Wildman–Crippen MR) is 112 cm³/mol. The van der Waals surface area contributed by atoms with Gasteiger partial charge in [-0.2, -0.15) is 0 Å². The van der Waals surface area contributed by atoms with Gasteiger partial charge < -0.3 is 9.72 Å². The fourth-order valence-corrected chi connectivity index (χ4v) is 6.10. The maximum Gasteiger partial charge on any atom is 0.268 e. The van der Waals surface area contributed by atoms with Gasteiger partial charge in [-0.05, 0) is 55.4 Å². The third kappa shape index (κ3) is 2.80. The van der Waals surface area contributed by atoms with Crippen molar-refractivity contribution in [3.05, 3.63) is 29.8 Å². The lowest BCUT2D eigenvalue weighted by Gasteiger charge is -2.48. The topological polar surface area (TPSA) is 79.0 Å². The minimum Gasteiger partial charge on any atom is -0.381 e. The van der Waals surface area contributed by atoms with E-state index in [1.807, 2.05) is 6.20 Å². The van der Waals surface area contributed by atoms with Crippen LogP contribution in [0.2, 0.25) is 12.6 Å². The first-order chi connectivity index (χ1) is 14.2. The summed E-state index contributed by atoms with van der Waals surface area (Å²) in [4.78, 5) is 13.0. The fourth-order valence-electron chi connectivity index (χ4n) is 6.10. The number of ether oxygens (including phenoxy) is 1. The van der Waals surface area contributed by atoms with E-state index in [4.69, 9.17) is 15.0 Å². The quantitative estimate of drug-likeness (QED) is 0.665. The highest BCUT2D eigenvalue weighted by atomic mass is 16.5. The van der Waals surface area contributed by atoms with Crippen molar-refractivity contribution in [3.8, 4) is 5.97 Å². The van der Waals surface area contributed by atoms with Crippen LogP contribution in [0.1, 0.15) is 61.6 Å². The Kier molecular flexibility index (Phi) is 3.99. The number of nitriles is 1. The molecule has 7 heteroatoms. The summed E-state index contributed by atoms with van der Waals surface area (Å²) < 4.78 is 7.82. The zero-order valence-corrected chi connectivity index (χ0v) is 16.7. The minimum atomic E-state index is 0.304. The fraction of sp³-hybridized carbons (Fsp3) is 0.591. The number of hydrogen-bond acceptors (Lipinski definition) is 4. The molecule has 0 amide bonds. The molecule has 6 rings (SSSR count). The Labute approximate surface area is 170 Å². The first kappa shape index (κ1) is 17.5. The van der Waals surface area contributed by atoms with E-state index in [9.17, 15) is 0 Å². The van der Waals surface area contributed by atoms with E-state index in [1.54, 1.807) is 0 Å². The highest BCUT2D eigenvalue weighted by Gasteiger charge is 2.48. The second-order valence-electron chi connectivity index (χ2n) is 9.49. The number of nitrogens with zero attached hydrogens (tertiary/aromatic N) is 4. The molecular formula is C22H26BN5O. The Balaban J connectivity index is 1.30. The Hall–Kier alpha value is -2.33. The third-order valence-electron chi connectivity index (χ3n) is 7.83. The molecule has 3 fully saturated rings. The van der Waals surface area contributed by atoms with Gasteiger partial charge >= 0.3 is 0 Å². The van der Waals surface area contributed by atoms with E-state index in [0.29, 0.717) is 24.0 Å². The highest BCUT2D eigenvalue weighted by molar-refractivity contribution is 6.70. The molecule has 3 aliphatic rings. The van der Waals surface area contributed by atoms with Crippen LogP contribution in [-0.2, 0) is 4.74 Å². The van der Waals surface area contributed by atoms with Crippen molar-refractivity contribution in [3.63, 3.8) is 0 Å². The maximum absolute atomic E-state index is 9.12. The van der Waals surface area contributed by atoms with Crippen LogP contribution in [0.5, 0.6) is 0 Å². The molecule has 2 saturated heterocycles. The molecular weight excluding hydrogens is 361 g/mol. The summed E-state index contributed by atoms with van der Waals surface area (Å²) in [6.07, 6.45) is 15.5. The molecule has 1 saturated carbocycles. The van der Waals surface area contributed by atoms with Gasteiger partial charge in [-0.15, -0.1) is 0 Å². The second kappa shape index (κ2) is 6.60. The van der Waals surface area contributed by atoms with Crippen LogP contribution in [0.3, 0.4) is 0 Å². The predicted octanol–water partition coefficient (Wildman–Crippen LogP) is 4.32. The van der Waals surface area contributed by atoms with E-state index < -0.39 is 0 Å². The molecule has 29 heavy (non-hydrogen) atoms. The van der Waals surface area contributed by atoms with Crippen LogP contribution >= 0.6 is 0 Å². The van der Waals surface area contributed by atoms with Gasteiger partial charge in [0.25, 0.3) is 6.71 Å². The Morgan fingerprint density at radius 3 is 2.72 bits per heavy atom. The van der Waals surface area contributed by atoms with E-state index in [1.165, 1.54) is 42.5 Å². The van der Waals surface area contributed by atoms with Gasteiger partial charge in [-0.25, -0.2) is 15.2 Å². The number of hydrogen-bond donors (Lipinski definition) is 1. The minimum absolute atomic E-state index is 0.304. The summed E-state index contributed by atoms with van der Waals surface area (Å²) in [5, 5.41) is 9.12. The summed E-state index contributed by atoms with van der Waals surface area (Å²) >= 11 is 0. The van der Waals surface area contributed by atoms with Crippen LogP contribution in [0.4, 0.5) is 0 Å². The maximum atomic E-state index is 9.12. The molecule has 0 bridgehead atoms. The van der Waals surface area contributed by atoms with Crippen molar-refractivity contribution >= 4 is 23.5 Å². The zero-order valence-electron chi connectivity index (χ0n) is 16.7. The molecule has 6 nitrogen and oxygen atoms in total. The molecule has 2 aliphatic heterocycles. The molecule has 1 aliphatic carbocycles. The van der Waals surface area contributed by atoms with Crippen LogP contribution in [0.15, 0.2) is 18.6 Å². The summed E-state index contributed by atoms with van der Waals surface area (Å²) in [6, 6.07) is 0. The highest BCUT2D eigenvalue weighted by Crippen LogP contribution is 2.55. The van der Waals surface area contributed by atoms with Crippen LogP contribution < -0.4 is 0 Å². The number of aromatic amines is 1. The molecule has 0 radical (unpaired) electrons. The lowest BCUT2D eigenvalue weighted by atomic mass is 9.25. The third-order valence-corrected chi connectivity index (χ3v) is 7.83. The zero-order chi connectivity index (χ0) is 19.4. The number of fused-ring (bicyclic) bond motifs is 3. The Bertz CT molecular complexity index is 1090. The summed E-state index contributed by atoms with van der Waals surface area (Å²) in [6.45, 7) is 1.98. The smallest absolute Gasteiger partial charge is 0.268 e. The summed E-state index contributed by atoms with van der Waals surface area (Å²) in [5.74, 6) is 3.50. The van der Waals surface area contributed by atoms with E-state index in [-0.39, 0.29) is 0 Å². The first-order valence-corrected chi connectivity index (χ1v) is 11.1. The van der Waals surface area contributed by atoms with Crippen molar-refractivity contribution in [2.45, 2.75) is 63.0 Å². The summed E-state index contributed by atoms with van der Waals surface area (Å²) in [7, 11) is 0. The van der Waals surface area contributed by atoms with Crippen molar-refractivity contribution < 1.29 is 4.74 Å². The largest absolute Gasteiger partial charge is 0.381 e. The van der Waals surface area contributed by atoms with Gasteiger partial charge in [0.2, 0.25) is 0 Å². The van der Waals surface area contributed by atoms with Crippen molar-refractivity contribution in [1.82, 2.24) is 19.4 Å². The van der Waals surface area contributed by atoms with Crippen molar-refractivity contribution in [2.24, 2.45) is 5.41 Å². The average Bonchev–Trinajstić information content (AvgIpc) is 3.36. The number of imidazole rings is 1. The molecule has 0 atom stereocenters. The van der Waals surface area contributed by atoms with Gasteiger partial charge in [0.1, 0.15) is 0 Å². The van der Waals surface area contributed by atoms with Gasteiger partial charge in [-0.1, -0.05) is 12.6 Å². The monoisotopic (exact) mass is 387 g/mol. The first-order valence-electron chi connectivity index (χ1n) is 11.1. The molecule has 148 valence electrons. The number of H-pyrrole nitrogens is 1. The van der Waals surface area contributed by atoms with Gasteiger partial charge in [0.15, 0.2) is 11.3 Å². The van der Waals surface area contributed by atoms with Crippen LogP contribution in [-0.4, -0.2) is 39.3 Å². The number of aromatic nitrogens is 4. The van der Waals surface area contributed by atoms with Crippen LogP contribution in [0, 0.1) is 16.6 Å². The average molecular weight is 387 g/mol. The molecule has 0 aromatic carbocycles. The Morgan fingerprint density at radius 1 is 1.17 bits per heavy atom. The molecule has 1 N–H and O–H groups in total. The van der Waals surface area contributed by atoms with E-state index in [2.05, 4.69) is 32.7 Å². The second-order valence-corrected chi connectivity index (χ2v) is 9.49.